The topological polar surface area (TPSA) is 0 Å². The van der Waals surface area contributed by atoms with E-state index in [0.29, 0.717) is 0 Å². The van der Waals surface area contributed by atoms with E-state index in [1.807, 2.05) is 0 Å². The SMILES string of the molecule is Cc1cc2cccc3c2c(c1C)-c1c-3c2ccccc2c2ccccc12. The summed E-state index contributed by atoms with van der Waals surface area (Å²) in [4.78, 5) is 0. The van der Waals surface area contributed by atoms with Gasteiger partial charge >= 0.3 is 0 Å². The molecule has 0 radical (unpaired) electrons. The number of rotatable bonds is 0. The Kier molecular flexibility index (Phi) is 2.57. The van der Waals surface area contributed by atoms with Gasteiger partial charge < -0.3 is 0 Å². The molecular formula is C26H18. The zero-order valence-corrected chi connectivity index (χ0v) is 14.9. The van der Waals surface area contributed by atoms with E-state index in [9.17, 15) is 0 Å². The van der Waals surface area contributed by atoms with Gasteiger partial charge in [-0.25, -0.2) is 0 Å². The summed E-state index contributed by atoms with van der Waals surface area (Å²) in [6.07, 6.45) is 0. The molecule has 5 aromatic carbocycles. The van der Waals surface area contributed by atoms with E-state index >= 15 is 0 Å². The molecule has 0 amide bonds. The van der Waals surface area contributed by atoms with E-state index in [0.717, 1.165) is 0 Å². The number of hydrogen-bond acceptors (Lipinski definition) is 0. The lowest BCUT2D eigenvalue weighted by Gasteiger charge is -2.14. The normalized spacial score (nSPS) is 12.2. The van der Waals surface area contributed by atoms with Crippen LogP contribution in [0.3, 0.4) is 0 Å². The van der Waals surface area contributed by atoms with Crippen LogP contribution in [0.1, 0.15) is 11.1 Å². The Bertz CT molecular complexity index is 1390. The predicted octanol–water partition coefficient (Wildman–Crippen LogP) is 7.41. The minimum atomic E-state index is 1.35. The first-order chi connectivity index (χ1) is 12.8. The Hall–Kier alpha value is -3.12. The molecule has 0 saturated heterocycles. The molecule has 6 rings (SSSR count). The maximum absolute atomic E-state index is 2.34. The van der Waals surface area contributed by atoms with Crippen LogP contribution in [0.4, 0.5) is 0 Å². The molecule has 0 heterocycles. The van der Waals surface area contributed by atoms with Crippen molar-refractivity contribution in [3.05, 3.63) is 83.9 Å². The smallest absolute Gasteiger partial charge is 0.00109 e. The van der Waals surface area contributed by atoms with E-state index < -0.39 is 0 Å². The summed E-state index contributed by atoms with van der Waals surface area (Å²) in [6.45, 7) is 4.51. The second-order valence-electron chi connectivity index (χ2n) is 7.44. The van der Waals surface area contributed by atoms with Gasteiger partial charge in [0.15, 0.2) is 0 Å². The van der Waals surface area contributed by atoms with E-state index in [1.165, 1.54) is 65.7 Å². The lowest BCUT2D eigenvalue weighted by atomic mass is 9.88. The molecule has 0 heteroatoms. The van der Waals surface area contributed by atoms with Crippen molar-refractivity contribution in [2.24, 2.45) is 0 Å². The van der Waals surface area contributed by atoms with Gasteiger partial charge in [0, 0.05) is 0 Å². The average molecular weight is 330 g/mol. The summed E-state index contributed by atoms with van der Waals surface area (Å²) in [5.74, 6) is 0. The third kappa shape index (κ3) is 1.55. The van der Waals surface area contributed by atoms with Crippen LogP contribution >= 0.6 is 0 Å². The van der Waals surface area contributed by atoms with Gasteiger partial charge in [-0.3, -0.25) is 0 Å². The van der Waals surface area contributed by atoms with Crippen molar-refractivity contribution in [1.29, 1.82) is 0 Å². The Morgan fingerprint density at radius 2 is 1.15 bits per heavy atom. The van der Waals surface area contributed by atoms with Gasteiger partial charge in [-0.15, -0.1) is 0 Å². The summed E-state index contributed by atoms with van der Waals surface area (Å²) in [5.41, 5.74) is 8.43. The highest BCUT2D eigenvalue weighted by Crippen LogP contribution is 2.54. The van der Waals surface area contributed by atoms with Crippen LogP contribution in [0.2, 0.25) is 0 Å². The molecule has 122 valence electrons. The average Bonchev–Trinajstić information content (AvgIpc) is 3.04. The van der Waals surface area contributed by atoms with Crippen molar-refractivity contribution >= 4 is 32.3 Å². The summed E-state index contributed by atoms with van der Waals surface area (Å²) < 4.78 is 0. The molecule has 0 fully saturated rings. The minimum Gasteiger partial charge on any atom is -0.0616 e. The van der Waals surface area contributed by atoms with Crippen LogP contribution in [0, 0.1) is 13.8 Å². The third-order valence-electron chi connectivity index (χ3n) is 6.14. The van der Waals surface area contributed by atoms with Crippen molar-refractivity contribution < 1.29 is 0 Å². The largest absolute Gasteiger partial charge is 0.0616 e. The van der Waals surface area contributed by atoms with Crippen LogP contribution in [-0.2, 0) is 0 Å². The number of benzene rings is 5. The first-order valence-corrected chi connectivity index (χ1v) is 9.23. The maximum atomic E-state index is 2.34. The van der Waals surface area contributed by atoms with Gasteiger partial charge in [-0.2, -0.15) is 0 Å². The van der Waals surface area contributed by atoms with Crippen LogP contribution in [0.25, 0.3) is 54.6 Å². The fraction of sp³-hybridized carbons (Fsp3) is 0.0769. The molecule has 1 aliphatic rings. The van der Waals surface area contributed by atoms with E-state index in [2.05, 4.69) is 86.6 Å². The molecule has 0 nitrogen and oxygen atoms in total. The van der Waals surface area contributed by atoms with Crippen molar-refractivity contribution in [3.8, 4) is 22.3 Å². The van der Waals surface area contributed by atoms with Crippen LogP contribution in [-0.4, -0.2) is 0 Å². The van der Waals surface area contributed by atoms with E-state index in [4.69, 9.17) is 0 Å². The molecule has 0 spiro atoms. The monoisotopic (exact) mass is 330 g/mol. The molecule has 0 N–H and O–H groups in total. The molecule has 0 aromatic heterocycles. The first-order valence-electron chi connectivity index (χ1n) is 9.23. The lowest BCUT2D eigenvalue weighted by molar-refractivity contribution is 1.37. The van der Waals surface area contributed by atoms with Gasteiger partial charge in [0.2, 0.25) is 0 Å². The summed E-state index contributed by atoms with van der Waals surface area (Å²) >= 11 is 0. The fourth-order valence-corrected chi connectivity index (χ4v) is 4.90. The zero-order valence-electron chi connectivity index (χ0n) is 14.9. The van der Waals surface area contributed by atoms with Gasteiger partial charge in [0.25, 0.3) is 0 Å². The predicted molar refractivity (Wildman–Crippen MR) is 113 cm³/mol. The summed E-state index contributed by atoms with van der Waals surface area (Å²) in [7, 11) is 0. The Labute approximate surface area is 152 Å². The minimum absolute atomic E-state index is 1.35. The van der Waals surface area contributed by atoms with Crippen LogP contribution in [0.15, 0.2) is 72.8 Å². The molecular weight excluding hydrogens is 312 g/mol. The summed E-state index contributed by atoms with van der Waals surface area (Å²) in [6, 6.07) is 26.8. The lowest BCUT2D eigenvalue weighted by Crippen LogP contribution is -1.89. The first kappa shape index (κ1) is 14.1. The maximum Gasteiger partial charge on any atom is -0.00109 e. The van der Waals surface area contributed by atoms with Gasteiger partial charge in [0.1, 0.15) is 0 Å². The van der Waals surface area contributed by atoms with E-state index in [1.54, 1.807) is 0 Å². The quantitative estimate of drug-likeness (QED) is 0.254. The van der Waals surface area contributed by atoms with Crippen molar-refractivity contribution in [1.82, 2.24) is 0 Å². The Morgan fingerprint density at radius 3 is 1.85 bits per heavy atom. The van der Waals surface area contributed by atoms with Gasteiger partial charge in [0.05, 0.1) is 0 Å². The van der Waals surface area contributed by atoms with Gasteiger partial charge in [-0.05, 0) is 79.5 Å². The highest BCUT2D eigenvalue weighted by molar-refractivity contribution is 6.30. The standard InChI is InChI=1S/C26H18/c1-15-14-17-8-7-13-22-24(17)23(16(15)2)26-21-12-6-4-10-19(21)18-9-3-5-11-20(18)25(22)26/h3-14H,1-2H3. The molecule has 0 atom stereocenters. The van der Waals surface area contributed by atoms with Gasteiger partial charge in [-0.1, -0.05) is 72.8 Å². The van der Waals surface area contributed by atoms with Crippen LogP contribution in [0.5, 0.6) is 0 Å². The fourth-order valence-electron chi connectivity index (χ4n) is 4.90. The second-order valence-corrected chi connectivity index (χ2v) is 7.44. The molecule has 0 bridgehead atoms. The third-order valence-corrected chi connectivity index (χ3v) is 6.14. The zero-order chi connectivity index (χ0) is 17.4. The van der Waals surface area contributed by atoms with Crippen molar-refractivity contribution in [2.45, 2.75) is 13.8 Å². The number of fused-ring (bicyclic) bond motifs is 8. The molecule has 0 aliphatic heterocycles. The highest BCUT2D eigenvalue weighted by Gasteiger charge is 2.27. The molecule has 26 heavy (non-hydrogen) atoms. The number of aryl methyl sites for hydroxylation is 1. The Morgan fingerprint density at radius 1 is 0.538 bits per heavy atom. The van der Waals surface area contributed by atoms with Crippen molar-refractivity contribution in [2.75, 3.05) is 0 Å². The van der Waals surface area contributed by atoms with Crippen molar-refractivity contribution in [3.63, 3.8) is 0 Å². The second kappa shape index (κ2) is 4.74. The number of hydrogen-bond donors (Lipinski definition) is 0. The molecule has 1 aliphatic carbocycles. The summed E-state index contributed by atoms with van der Waals surface area (Å²) in [5, 5.41) is 8.20. The highest BCUT2D eigenvalue weighted by atomic mass is 14.3. The van der Waals surface area contributed by atoms with Crippen LogP contribution < -0.4 is 0 Å². The Balaban J connectivity index is 2.01. The molecule has 0 unspecified atom stereocenters. The molecule has 5 aromatic rings. The van der Waals surface area contributed by atoms with E-state index in [-0.39, 0.29) is 0 Å². The molecule has 0 saturated carbocycles.